The van der Waals surface area contributed by atoms with Gasteiger partial charge in [0.25, 0.3) is 0 Å². The summed E-state index contributed by atoms with van der Waals surface area (Å²) in [6, 6.07) is 18.5. The number of aromatic nitrogens is 1. The van der Waals surface area contributed by atoms with Gasteiger partial charge in [0, 0.05) is 32.5 Å². The maximum atomic E-state index is 13.0. The molecule has 35 heavy (non-hydrogen) atoms. The van der Waals surface area contributed by atoms with E-state index < -0.39 is 0 Å². The van der Waals surface area contributed by atoms with Gasteiger partial charge in [0.1, 0.15) is 0 Å². The zero-order valence-electron chi connectivity index (χ0n) is 18.8. The Labute approximate surface area is 219 Å². The quantitative estimate of drug-likeness (QED) is 0.176. The molecule has 4 rings (SSSR count). The molecule has 0 radical (unpaired) electrons. The van der Waals surface area contributed by atoms with Gasteiger partial charge in [-0.1, -0.05) is 63.1 Å². The van der Waals surface area contributed by atoms with E-state index >= 15 is 0 Å². The molecule has 0 aliphatic heterocycles. The summed E-state index contributed by atoms with van der Waals surface area (Å²) in [6.07, 6.45) is 0. The average Bonchev–Trinajstić information content (AvgIpc) is 3.15. The lowest BCUT2D eigenvalue weighted by atomic mass is 9.99. The summed E-state index contributed by atoms with van der Waals surface area (Å²) in [5, 5.41) is 14.8. The van der Waals surface area contributed by atoms with Gasteiger partial charge < -0.3 is 15.2 Å². The molecule has 0 spiro atoms. The number of nitrogens with zero attached hydrogens (tertiary/aromatic N) is 1. The van der Waals surface area contributed by atoms with Crippen molar-refractivity contribution < 1.29 is 14.6 Å². The molecule has 1 aromatic heterocycles. The molecule has 0 saturated carbocycles. The Morgan fingerprint density at radius 3 is 2.66 bits per heavy atom. The molecule has 0 saturated heterocycles. The number of rotatable bonds is 9. The number of aryl methyl sites for hydroxylation is 1. The van der Waals surface area contributed by atoms with Crippen molar-refractivity contribution in [1.82, 2.24) is 4.57 Å². The van der Waals surface area contributed by atoms with E-state index in [0.29, 0.717) is 22.8 Å². The summed E-state index contributed by atoms with van der Waals surface area (Å²) in [5.74, 6) is -0.178. The molecule has 2 N–H and O–H groups in total. The number of carbonyl (C=O) groups excluding carboxylic acids is 1. The molecule has 0 aliphatic rings. The van der Waals surface area contributed by atoms with Gasteiger partial charge in [0.15, 0.2) is 5.78 Å². The summed E-state index contributed by atoms with van der Waals surface area (Å²) >= 11 is 10.9. The van der Waals surface area contributed by atoms with Crippen molar-refractivity contribution >= 4 is 56.0 Å². The fourth-order valence-electron chi connectivity index (χ4n) is 3.58. The minimum atomic E-state index is -0.225. The Hall–Kier alpha value is -2.91. The van der Waals surface area contributed by atoms with Crippen LogP contribution in [0.15, 0.2) is 75.3 Å². The van der Waals surface area contributed by atoms with Crippen LogP contribution in [0.5, 0.6) is 5.88 Å². The van der Waals surface area contributed by atoms with Gasteiger partial charge in [-0.3, -0.25) is 14.2 Å². The van der Waals surface area contributed by atoms with Crippen molar-refractivity contribution in [2.45, 2.75) is 20.1 Å². The van der Waals surface area contributed by atoms with E-state index in [1.807, 2.05) is 49.4 Å². The second-order valence-electron chi connectivity index (χ2n) is 7.83. The van der Waals surface area contributed by atoms with Crippen LogP contribution in [0.1, 0.15) is 27.0 Å². The molecule has 4 aromatic rings. The minimum Gasteiger partial charge on any atom is -0.494 e. The molecule has 9 heteroatoms. The standard InChI is InChI=1S/C26H22BrClN2O4S/c1-16-4-2-3-5-20(16)25(32)21-8-7-19(13-22(21)28)29-23-9-6-18(27)12-17(23)14-34-11-10-30-24(31)15-35-26(30)33/h2-9,12-13,15,29,31H,10-11,14H2,1H3. The van der Waals surface area contributed by atoms with Gasteiger partial charge in [0.05, 0.1) is 30.2 Å². The molecule has 1 heterocycles. The van der Waals surface area contributed by atoms with Gasteiger partial charge in [-0.25, -0.2) is 0 Å². The van der Waals surface area contributed by atoms with Gasteiger partial charge in [-0.2, -0.15) is 0 Å². The first-order valence-corrected chi connectivity index (χ1v) is 12.8. The SMILES string of the molecule is Cc1ccccc1C(=O)c1ccc(Nc2ccc(Br)cc2COCCn2c(O)csc2=O)cc1Cl. The molecule has 0 aliphatic carbocycles. The number of halogens is 2. The van der Waals surface area contributed by atoms with Gasteiger partial charge in [-0.05, 0) is 48.9 Å². The van der Waals surface area contributed by atoms with E-state index in [1.54, 1.807) is 18.2 Å². The van der Waals surface area contributed by atoms with Crippen LogP contribution in [0.3, 0.4) is 0 Å². The number of anilines is 2. The zero-order valence-corrected chi connectivity index (χ0v) is 21.9. The Morgan fingerprint density at radius 1 is 1.14 bits per heavy atom. The van der Waals surface area contributed by atoms with Crippen LogP contribution < -0.4 is 10.2 Å². The third-order valence-corrected chi connectivity index (χ3v) is 6.99. The molecular formula is C26H22BrClN2O4S. The van der Waals surface area contributed by atoms with Crippen molar-refractivity contribution in [1.29, 1.82) is 0 Å². The van der Waals surface area contributed by atoms with Crippen LogP contribution in [0.2, 0.25) is 5.02 Å². The maximum Gasteiger partial charge on any atom is 0.310 e. The van der Waals surface area contributed by atoms with Crippen molar-refractivity contribution in [3.05, 3.63) is 107 Å². The van der Waals surface area contributed by atoms with Crippen molar-refractivity contribution in [2.24, 2.45) is 0 Å². The van der Waals surface area contributed by atoms with Crippen LogP contribution in [0.4, 0.5) is 11.4 Å². The first kappa shape index (κ1) is 25.2. The maximum absolute atomic E-state index is 13.0. The minimum absolute atomic E-state index is 0.0605. The normalized spacial score (nSPS) is 10.9. The zero-order chi connectivity index (χ0) is 24.9. The molecule has 0 bridgehead atoms. The smallest absolute Gasteiger partial charge is 0.310 e. The van der Waals surface area contributed by atoms with E-state index in [4.69, 9.17) is 16.3 Å². The van der Waals surface area contributed by atoms with Gasteiger partial charge in [0.2, 0.25) is 5.88 Å². The molecule has 0 fully saturated rings. The Morgan fingerprint density at radius 2 is 1.94 bits per heavy atom. The topological polar surface area (TPSA) is 80.6 Å². The number of thiazole rings is 1. The van der Waals surface area contributed by atoms with Crippen molar-refractivity contribution in [2.75, 3.05) is 11.9 Å². The summed E-state index contributed by atoms with van der Waals surface area (Å²) < 4.78 is 7.94. The fraction of sp³-hybridized carbons (Fsp3) is 0.154. The number of hydrogen-bond acceptors (Lipinski definition) is 6. The average molecular weight is 574 g/mol. The predicted octanol–water partition coefficient (Wildman–Crippen LogP) is 6.53. The Bertz CT molecular complexity index is 1430. The number of ether oxygens (including phenoxy) is 1. The van der Waals surface area contributed by atoms with Crippen LogP contribution >= 0.6 is 38.9 Å². The third kappa shape index (κ3) is 6.02. The molecule has 0 unspecified atom stereocenters. The molecule has 0 amide bonds. The van der Waals surface area contributed by atoms with Crippen LogP contribution in [-0.2, 0) is 17.9 Å². The summed E-state index contributed by atoms with van der Waals surface area (Å²) in [6.45, 7) is 2.71. The first-order chi connectivity index (χ1) is 16.8. The Kier molecular flexibility index (Phi) is 8.07. The van der Waals surface area contributed by atoms with E-state index in [1.165, 1.54) is 9.95 Å². The Balaban J connectivity index is 1.46. The first-order valence-electron chi connectivity index (χ1n) is 10.7. The highest BCUT2D eigenvalue weighted by atomic mass is 79.9. The second kappa shape index (κ2) is 11.2. The van der Waals surface area contributed by atoms with Gasteiger partial charge in [-0.15, -0.1) is 0 Å². The summed E-state index contributed by atoms with van der Waals surface area (Å²) in [4.78, 5) is 24.5. The van der Waals surface area contributed by atoms with E-state index in [-0.39, 0.29) is 29.7 Å². The largest absolute Gasteiger partial charge is 0.494 e. The lowest BCUT2D eigenvalue weighted by molar-refractivity contribution is 0.103. The number of aromatic hydroxyl groups is 1. The van der Waals surface area contributed by atoms with Crippen LogP contribution in [0.25, 0.3) is 0 Å². The highest BCUT2D eigenvalue weighted by Gasteiger charge is 2.15. The molecule has 0 atom stereocenters. The fourth-order valence-corrected chi connectivity index (χ4v) is 4.90. The molecule has 180 valence electrons. The predicted molar refractivity (Wildman–Crippen MR) is 143 cm³/mol. The highest BCUT2D eigenvalue weighted by Crippen LogP contribution is 2.29. The van der Waals surface area contributed by atoms with Crippen molar-refractivity contribution in [3.63, 3.8) is 0 Å². The number of carbonyl (C=O) groups is 1. The van der Waals surface area contributed by atoms with E-state index in [0.717, 1.165) is 38.3 Å². The monoisotopic (exact) mass is 572 g/mol. The highest BCUT2D eigenvalue weighted by molar-refractivity contribution is 9.10. The molecule has 6 nitrogen and oxygen atoms in total. The van der Waals surface area contributed by atoms with Crippen LogP contribution in [0, 0.1) is 6.92 Å². The number of benzene rings is 3. The number of hydrogen-bond donors (Lipinski definition) is 2. The van der Waals surface area contributed by atoms with Gasteiger partial charge >= 0.3 is 4.87 Å². The molecular weight excluding hydrogens is 552 g/mol. The molecule has 3 aromatic carbocycles. The summed E-state index contributed by atoms with van der Waals surface area (Å²) in [5.41, 5.74) is 4.40. The lowest BCUT2D eigenvalue weighted by Gasteiger charge is -2.15. The number of ketones is 1. The van der Waals surface area contributed by atoms with E-state index in [2.05, 4.69) is 21.2 Å². The lowest BCUT2D eigenvalue weighted by Crippen LogP contribution is -2.16. The van der Waals surface area contributed by atoms with Crippen LogP contribution in [-0.4, -0.2) is 22.1 Å². The second-order valence-corrected chi connectivity index (χ2v) is 9.97. The number of nitrogens with one attached hydrogen (secondary N) is 1. The third-order valence-electron chi connectivity index (χ3n) is 5.43. The van der Waals surface area contributed by atoms with E-state index in [9.17, 15) is 14.7 Å². The van der Waals surface area contributed by atoms with Crippen molar-refractivity contribution in [3.8, 4) is 5.88 Å². The summed E-state index contributed by atoms with van der Waals surface area (Å²) in [7, 11) is 0.